The Kier molecular flexibility index (Phi) is 8.24. The van der Waals surface area contributed by atoms with Gasteiger partial charge in [-0.25, -0.2) is 4.39 Å². The number of pyridine rings is 1. The summed E-state index contributed by atoms with van der Waals surface area (Å²) in [6.45, 7) is 3.50. The Morgan fingerprint density at radius 2 is 1.83 bits per heavy atom. The van der Waals surface area contributed by atoms with Crippen molar-refractivity contribution in [1.82, 2.24) is 9.88 Å². The fourth-order valence-electron chi connectivity index (χ4n) is 3.94. The minimum Gasteiger partial charge on any atom is -0.481 e. The van der Waals surface area contributed by atoms with Gasteiger partial charge in [-0.2, -0.15) is 0 Å². The van der Waals surface area contributed by atoms with Crippen LogP contribution in [0.25, 0.3) is 10.6 Å². The molecule has 1 aromatic carbocycles. The molecule has 2 heterocycles. The van der Waals surface area contributed by atoms with Gasteiger partial charge in [0, 0.05) is 18.2 Å². The van der Waals surface area contributed by atoms with Crippen LogP contribution in [0.1, 0.15) is 42.6 Å². The summed E-state index contributed by atoms with van der Waals surface area (Å²) in [6.07, 6.45) is 1.18. The van der Waals surface area contributed by atoms with Gasteiger partial charge in [-0.1, -0.05) is 23.7 Å². The van der Waals surface area contributed by atoms with Gasteiger partial charge in [-0.05, 0) is 68.7 Å². The second-order valence-corrected chi connectivity index (χ2v) is 10.4. The van der Waals surface area contributed by atoms with Crippen molar-refractivity contribution in [2.75, 3.05) is 0 Å². The van der Waals surface area contributed by atoms with Crippen molar-refractivity contribution >= 4 is 40.7 Å². The van der Waals surface area contributed by atoms with E-state index < -0.39 is 35.2 Å². The van der Waals surface area contributed by atoms with Crippen molar-refractivity contribution in [3.63, 3.8) is 0 Å². The Morgan fingerprint density at radius 3 is 2.34 bits per heavy atom. The highest BCUT2D eigenvalue weighted by atomic mass is 35.5. The number of nitrogens with zero attached hydrogens (tertiary/aromatic N) is 2. The second-order valence-electron chi connectivity index (χ2n) is 8.68. The summed E-state index contributed by atoms with van der Waals surface area (Å²) in [5, 5.41) is 9.18. The molecule has 0 aliphatic heterocycles. The predicted molar refractivity (Wildman–Crippen MR) is 133 cm³/mol. The van der Waals surface area contributed by atoms with Gasteiger partial charge in [0.15, 0.2) is 0 Å². The number of halogens is 2. The molecule has 1 atom stereocenters. The smallest absolute Gasteiger partial charge is 0.303 e. The molecule has 7 nitrogen and oxygen atoms in total. The monoisotopic (exact) mass is 517 g/mol. The molecule has 2 amide bonds. The van der Waals surface area contributed by atoms with Crippen molar-refractivity contribution in [1.29, 1.82) is 0 Å². The quantitative estimate of drug-likeness (QED) is 0.401. The van der Waals surface area contributed by atoms with E-state index in [1.807, 2.05) is 6.07 Å². The Balaban J connectivity index is 1.98. The summed E-state index contributed by atoms with van der Waals surface area (Å²) in [5.41, 5.74) is 6.25. The highest BCUT2D eigenvalue weighted by molar-refractivity contribution is 7.19. The normalized spacial score (nSPS) is 12.2. The van der Waals surface area contributed by atoms with Crippen molar-refractivity contribution in [2.45, 2.75) is 44.7 Å². The molecule has 0 saturated carbocycles. The number of carboxylic acid groups (broad SMARTS) is 1. The summed E-state index contributed by atoms with van der Waals surface area (Å²) in [6, 6.07) is 11.5. The van der Waals surface area contributed by atoms with Gasteiger partial charge in [0.25, 0.3) is 5.91 Å². The molecule has 0 fully saturated rings. The lowest BCUT2D eigenvalue weighted by Gasteiger charge is -2.43. The molecule has 0 aliphatic carbocycles. The average Bonchev–Trinajstić information content (AvgIpc) is 3.23. The van der Waals surface area contributed by atoms with E-state index in [-0.39, 0.29) is 24.8 Å². The highest BCUT2D eigenvalue weighted by Gasteiger charge is 2.40. The lowest BCUT2D eigenvalue weighted by Crippen LogP contribution is -2.58. The molecule has 3 rings (SSSR count). The largest absolute Gasteiger partial charge is 0.481 e. The molecule has 3 aromatic rings. The number of hydrogen-bond donors (Lipinski definition) is 2. The number of aromatic nitrogens is 1. The van der Waals surface area contributed by atoms with E-state index in [1.165, 1.54) is 34.6 Å². The fraction of sp³-hybridized carbons (Fsp3) is 0.280. The maximum Gasteiger partial charge on any atom is 0.303 e. The number of thiophene rings is 1. The van der Waals surface area contributed by atoms with E-state index in [1.54, 1.807) is 44.2 Å². The van der Waals surface area contributed by atoms with Crippen LogP contribution in [-0.2, 0) is 16.0 Å². The molecular weight excluding hydrogens is 493 g/mol. The molecule has 0 radical (unpaired) electrons. The number of amides is 2. The number of rotatable bonds is 10. The average molecular weight is 518 g/mol. The zero-order valence-electron chi connectivity index (χ0n) is 19.2. The van der Waals surface area contributed by atoms with Crippen molar-refractivity contribution < 1.29 is 23.9 Å². The molecule has 2 aromatic heterocycles. The van der Waals surface area contributed by atoms with Gasteiger partial charge in [-0.15, -0.1) is 11.3 Å². The first-order valence-corrected chi connectivity index (χ1v) is 12.0. The minimum atomic E-state index is -1.18. The van der Waals surface area contributed by atoms with E-state index in [4.69, 9.17) is 17.3 Å². The van der Waals surface area contributed by atoms with Gasteiger partial charge < -0.3 is 15.7 Å². The van der Waals surface area contributed by atoms with Gasteiger partial charge in [0.05, 0.1) is 20.5 Å². The predicted octanol–water partition coefficient (Wildman–Crippen LogP) is 4.78. The molecule has 10 heteroatoms. The van der Waals surface area contributed by atoms with E-state index in [2.05, 4.69) is 4.98 Å². The summed E-state index contributed by atoms with van der Waals surface area (Å²) >= 11 is 7.35. The van der Waals surface area contributed by atoms with Crippen LogP contribution in [-0.4, -0.2) is 44.4 Å². The van der Waals surface area contributed by atoms with Crippen LogP contribution in [0.3, 0.4) is 0 Å². The van der Waals surface area contributed by atoms with Crippen molar-refractivity contribution in [3.05, 3.63) is 76.0 Å². The molecular formula is C25H25ClFN3O4S. The first-order chi connectivity index (χ1) is 16.5. The van der Waals surface area contributed by atoms with Crippen LogP contribution in [0.4, 0.5) is 4.39 Å². The van der Waals surface area contributed by atoms with Crippen LogP contribution in [0.15, 0.2) is 54.7 Å². The van der Waals surface area contributed by atoms with Crippen LogP contribution in [0, 0.1) is 5.82 Å². The third kappa shape index (κ3) is 6.64. The third-order valence-electron chi connectivity index (χ3n) is 5.53. The molecule has 0 bridgehead atoms. The Labute approximate surface area is 211 Å². The molecule has 0 aliphatic rings. The fourth-order valence-corrected chi connectivity index (χ4v) is 4.96. The van der Waals surface area contributed by atoms with Gasteiger partial charge in [0.1, 0.15) is 11.9 Å². The number of hydrogen-bond acceptors (Lipinski definition) is 5. The maximum atomic E-state index is 13.7. The van der Waals surface area contributed by atoms with Gasteiger partial charge in [0.2, 0.25) is 5.91 Å². The zero-order valence-corrected chi connectivity index (χ0v) is 20.8. The first-order valence-electron chi connectivity index (χ1n) is 10.8. The molecule has 0 unspecified atom stereocenters. The van der Waals surface area contributed by atoms with Crippen LogP contribution in [0.2, 0.25) is 4.34 Å². The van der Waals surface area contributed by atoms with Crippen LogP contribution in [0.5, 0.6) is 0 Å². The first kappa shape index (κ1) is 26.3. The van der Waals surface area contributed by atoms with E-state index in [0.717, 1.165) is 10.4 Å². The number of aliphatic carboxylic acids is 1. The summed E-state index contributed by atoms with van der Waals surface area (Å²) in [5.74, 6) is -2.84. The number of carbonyl (C=O) groups excluding carboxylic acids is 2. The molecule has 184 valence electrons. The Hall–Kier alpha value is -3.30. The highest BCUT2D eigenvalue weighted by Crippen LogP contribution is 2.31. The third-order valence-corrected chi connectivity index (χ3v) is 6.78. The molecule has 0 spiro atoms. The number of benzene rings is 1. The standard InChI is InChI=1S/C25H25ClFN3O4S/c1-25(2,13-15-3-6-17(27)7-4-15)30(19(23(28)33)9-12-22(31)32)24(34)16-5-8-18(29-14-16)20-10-11-21(26)35-20/h3-8,10-11,14,19H,9,12-13H2,1-2H3,(H2,28,33)(H,31,32)/t19-/m0/s1. The van der Waals surface area contributed by atoms with Gasteiger partial charge >= 0.3 is 5.97 Å². The topological polar surface area (TPSA) is 114 Å². The molecule has 35 heavy (non-hydrogen) atoms. The number of nitrogens with two attached hydrogens (primary N) is 1. The second kappa shape index (κ2) is 11.0. The Morgan fingerprint density at radius 1 is 1.14 bits per heavy atom. The van der Waals surface area contributed by atoms with E-state index in [9.17, 15) is 23.9 Å². The van der Waals surface area contributed by atoms with Crippen molar-refractivity contribution in [2.24, 2.45) is 5.73 Å². The SMILES string of the molecule is CC(C)(Cc1ccc(F)cc1)N(C(=O)c1ccc(-c2ccc(Cl)s2)nc1)[C@@H](CCC(=O)O)C(N)=O. The van der Waals surface area contributed by atoms with Crippen LogP contribution >= 0.6 is 22.9 Å². The molecule has 3 N–H and O–H groups in total. The van der Waals surface area contributed by atoms with Crippen molar-refractivity contribution in [3.8, 4) is 10.6 Å². The van der Waals surface area contributed by atoms with Crippen LogP contribution < -0.4 is 5.73 Å². The summed E-state index contributed by atoms with van der Waals surface area (Å²) in [4.78, 5) is 43.9. The van der Waals surface area contributed by atoms with E-state index >= 15 is 0 Å². The number of carbonyl (C=O) groups is 3. The lowest BCUT2D eigenvalue weighted by atomic mass is 9.89. The minimum absolute atomic E-state index is 0.150. The summed E-state index contributed by atoms with van der Waals surface area (Å²) in [7, 11) is 0. The summed E-state index contributed by atoms with van der Waals surface area (Å²) < 4.78 is 14.0. The zero-order chi connectivity index (χ0) is 25.8. The Bertz CT molecular complexity index is 1210. The maximum absolute atomic E-state index is 13.7. The van der Waals surface area contributed by atoms with Gasteiger partial charge in [-0.3, -0.25) is 19.4 Å². The number of carboxylic acids is 1. The lowest BCUT2D eigenvalue weighted by molar-refractivity contribution is -0.137. The van der Waals surface area contributed by atoms with E-state index in [0.29, 0.717) is 10.0 Å². The number of primary amides is 1. The molecule has 0 saturated heterocycles.